The van der Waals surface area contributed by atoms with Crippen LogP contribution in [0.25, 0.3) is 21.9 Å². The predicted octanol–water partition coefficient (Wildman–Crippen LogP) is 2.54. The normalized spacial score (nSPS) is 25.5. The number of ether oxygens (including phenoxy) is 1. The highest BCUT2D eigenvalue weighted by Gasteiger charge is 2.51. The van der Waals surface area contributed by atoms with Gasteiger partial charge in [0, 0.05) is 35.8 Å². The van der Waals surface area contributed by atoms with Crippen molar-refractivity contribution in [3.63, 3.8) is 0 Å². The smallest absolute Gasteiger partial charge is 0.263 e. The monoisotopic (exact) mass is 459 g/mol. The molecule has 5 heterocycles. The van der Waals surface area contributed by atoms with Gasteiger partial charge in [0.05, 0.1) is 23.8 Å². The van der Waals surface area contributed by atoms with Crippen molar-refractivity contribution in [2.75, 3.05) is 24.6 Å². The number of aromatic amines is 3. The molecule has 0 amide bonds. The summed E-state index contributed by atoms with van der Waals surface area (Å²) in [5.41, 5.74) is 9.63. The summed E-state index contributed by atoms with van der Waals surface area (Å²) in [6.07, 6.45) is 3.86. The van der Waals surface area contributed by atoms with E-state index in [0.29, 0.717) is 23.6 Å². The average molecular weight is 460 g/mol. The van der Waals surface area contributed by atoms with Crippen molar-refractivity contribution in [2.45, 2.75) is 50.2 Å². The average Bonchev–Trinajstić information content (AvgIpc) is 3.21. The minimum atomic E-state index is -0.264. The lowest BCUT2D eigenvalue weighted by atomic mass is 9.73. The van der Waals surface area contributed by atoms with Gasteiger partial charge in [-0.3, -0.25) is 14.9 Å². The van der Waals surface area contributed by atoms with Crippen LogP contribution in [0.2, 0.25) is 0 Å². The Morgan fingerprint density at radius 1 is 1.15 bits per heavy atom. The second-order valence-corrected chi connectivity index (χ2v) is 10.4. The number of para-hydroxylation sites is 1. The molecule has 1 saturated carbocycles. The van der Waals surface area contributed by atoms with E-state index in [4.69, 9.17) is 15.5 Å². The maximum Gasteiger partial charge on any atom is 0.263 e. The molecule has 3 aromatic heterocycles. The van der Waals surface area contributed by atoms with E-state index in [9.17, 15) is 4.79 Å². The summed E-state index contributed by atoms with van der Waals surface area (Å²) in [6, 6.07) is 10.5. The van der Waals surface area contributed by atoms with Crippen LogP contribution in [0.1, 0.15) is 44.0 Å². The third-order valence-electron chi connectivity index (χ3n) is 8.57. The van der Waals surface area contributed by atoms with Crippen LogP contribution in [-0.4, -0.2) is 57.0 Å². The molecule has 3 aliphatic rings. The molecule has 2 atom stereocenters. The second kappa shape index (κ2) is 6.93. The number of nitrogens with two attached hydrogens (primary N) is 1. The molecule has 5 N–H and O–H groups in total. The first-order chi connectivity index (χ1) is 16.5. The van der Waals surface area contributed by atoms with Crippen LogP contribution in [-0.2, 0) is 10.2 Å². The number of benzene rings is 1. The number of piperidine rings is 1. The Balaban J connectivity index is 1.21. The van der Waals surface area contributed by atoms with Gasteiger partial charge in [0.2, 0.25) is 5.95 Å². The van der Waals surface area contributed by atoms with E-state index in [1.165, 1.54) is 5.39 Å². The number of fused-ring (bicyclic) bond motifs is 2. The van der Waals surface area contributed by atoms with Crippen LogP contribution in [0.5, 0.6) is 0 Å². The zero-order valence-corrected chi connectivity index (χ0v) is 19.2. The van der Waals surface area contributed by atoms with Crippen molar-refractivity contribution in [3.05, 3.63) is 52.1 Å². The maximum atomic E-state index is 13.3. The zero-order valence-electron chi connectivity index (χ0n) is 19.2. The number of hydrogen-bond acceptors (Lipinski definition) is 6. The van der Waals surface area contributed by atoms with Crippen molar-refractivity contribution >= 4 is 27.9 Å². The Hall–Kier alpha value is -3.17. The fourth-order valence-electron chi connectivity index (χ4n) is 6.15. The molecule has 176 valence electrons. The van der Waals surface area contributed by atoms with Gasteiger partial charge in [0.25, 0.3) is 5.56 Å². The fraction of sp³-hybridized carbons (Fsp3) is 0.480. The minimum absolute atomic E-state index is 0.0272. The first-order valence-electron chi connectivity index (χ1n) is 12.2. The number of nitrogens with one attached hydrogen (secondary N) is 3. The Bertz CT molecular complexity index is 1420. The van der Waals surface area contributed by atoms with Gasteiger partial charge in [0.15, 0.2) is 5.65 Å². The zero-order chi connectivity index (χ0) is 23.1. The number of nitrogens with zero attached hydrogens (tertiary/aromatic N) is 3. The molecular weight excluding hydrogens is 430 g/mol. The first-order valence-corrected chi connectivity index (χ1v) is 12.2. The molecular formula is C25H29N7O2. The summed E-state index contributed by atoms with van der Waals surface area (Å²) in [4.78, 5) is 26.8. The Labute approximate surface area is 196 Å². The lowest BCUT2D eigenvalue weighted by Crippen LogP contribution is -2.51. The number of rotatable bonds is 3. The lowest BCUT2D eigenvalue weighted by molar-refractivity contribution is 0.0973. The third-order valence-corrected chi connectivity index (χ3v) is 8.57. The van der Waals surface area contributed by atoms with Crippen LogP contribution in [0, 0.1) is 5.41 Å². The van der Waals surface area contributed by atoms with Crippen LogP contribution in [0.4, 0.5) is 5.95 Å². The molecule has 4 aromatic rings. The molecule has 1 aliphatic carbocycles. The highest BCUT2D eigenvalue weighted by Crippen LogP contribution is 2.54. The molecule has 2 aliphatic heterocycles. The Morgan fingerprint density at radius 2 is 1.94 bits per heavy atom. The van der Waals surface area contributed by atoms with Gasteiger partial charge >= 0.3 is 0 Å². The summed E-state index contributed by atoms with van der Waals surface area (Å²) < 4.78 is 5.84. The topological polar surface area (TPSA) is 129 Å². The second-order valence-electron chi connectivity index (χ2n) is 10.4. The van der Waals surface area contributed by atoms with Crippen LogP contribution in [0.15, 0.2) is 35.1 Å². The molecule has 9 heteroatoms. The summed E-state index contributed by atoms with van der Waals surface area (Å²) in [6.45, 7) is 4.35. The first kappa shape index (κ1) is 20.2. The number of aromatic nitrogens is 5. The minimum Gasteiger partial charge on any atom is -0.376 e. The van der Waals surface area contributed by atoms with E-state index in [2.05, 4.69) is 50.2 Å². The van der Waals surface area contributed by atoms with Gasteiger partial charge in [-0.2, -0.15) is 10.1 Å². The van der Waals surface area contributed by atoms with Crippen LogP contribution < -0.4 is 16.2 Å². The number of hydrogen-bond donors (Lipinski definition) is 4. The van der Waals surface area contributed by atoms with Gasteiger partial charge in [-0.15, -0.1) is 0 Å². The van der Waals surface area contributed by atoms with Gasteiger partial charge in [0.1, 0.15) is 5.39 Å². The summed E-state index contributed by atoms with van der Waals surface area (Å²) in [5, 5.41) is 9.41. The Kier molecular flexibility index (Phi) is 4.12. The van der Waals surface area contributed by atoms with E-state index in [1.54, 1.807) is 0 Å². The van der Waals surface area contributed by atoms with Crippen molar-refractivity contribution in [3.8, 4) is 0 Å². The highest BCUT2D eigenvalue weighted by atomic mass is 16.5. The Morgan fingerprint density at radius 3 is 2.65 bits per heavy atom. The van der Waals surface area contributed by atoms with Gasteiger partial charge in [-0.05, 0) is 50.1 Å². The summed E-state index contributed by atoms with van der Waals surface area (Å²) >= 11 is 0. The third kappa shape index (κ3) is 2.77. The van der Waals surface area contributed by atoms with Crippen molar-refractivity contribution in [1.29, 1.82) is 0 Å². The van der Waals surface area contributed by atoms with Gasteiger partial charge < -0.3 is 20.4 Å². The molecule has 34 heavy (non-hydrogen) atoms. The molecule has 0 unspecified atom stereocenters. The van der Waals surface area contributed by atoms with Crippen LogP contribution in [0.3, 0.4) is 0 Å². The molecule has 2 saturated heterocycles. The molecule has 3 fully saturated rings. The summed E-state index contributed by atoms with van der Waals surface area (Å²) in [7, 11) is 0. The molecule has 1 aromatic carbocycles. The van der Waals surface area contributed by atoms with E-state index in [0.717, 1.165) is 55.7 Å². The predicted molar refractivity (Wildman–Crippen MR) is 130 cm³/mol. The van der Waals surface area contributed by atoms with Crippen molar-refractivity contribution < 1.29 is 4.74 Å². The summed E-state index contributed by atoms with van der Waals surface area (Å²) in [5.74, 6) is 0.596. The SMILES string of the molecule is C[C@@H]1OCC2(CCN(c3nc4[nH]nc(C5(c6cc7ccccc7[nH]6)CC5)c4c(=O)[nH]3)CC2)[C@@H]1N. The van der Waals surface area contributed by atoms with E-state index < -0.39 is 0 Å². The van der Waals surface area contributed by atoms with E-state index in [-0.39, 0.29) is 28.5 Å². The maximum absolute atomic E-state index is 13.3. The molecule has 0 bridgehead atoms. The fourth-order valence-corrected chi connectivity index (χ4v) is 6.15. The van der Waals surface area contributed by atoms with Crippen molar-refractivity contribution in [1.82, 2.24) is 25.1 Å². The molecule has 1 spiro atoms. The highest BCUT2D eigenvalue weighted by molar-refractivity contribution is 5.84. The standard InChI is InChI=1S/C25H29N7O2/c1-14-19(26)24(13-34-14)8-10-32(11-9-24)23-28-21-18(22(33)29-23)20(30-31-21)25(6-7-25)17-12-15-4-2-3-5-16(15)27-17/h2-5,12,14,19,27H,6-11,13,26H2,1H3,(H2,28,29,30,31,33)/t14-,19+/m0/s1. The quantitative estimate of drug-likeness (QED) is 0.373. The molecule has 9 nitrogen and oxygen atoms in total. The lowest BCUT2D eigenvalue weighted by Gasteiger charge is -2.41. The van der Waals surface area contributed by atoms with Gasteiger partial charge in [-0.25, -0.2) is 0 Å². The van der Waals surface area contributed by atoms with Gasteiger partial charge in [-0.1, -0.05) is 18.2 Å². The van der Waals surface area contributed by atoms with E-state index in [1.807, 2.05) is 12.1 Å². The number of anilines is 1. The van der Waals surface area contributed by atoms with Crippen molar-refractivity contribution in [2.24, 2.45) is 11.1 Å². The largest absolute Gasteiger partial charge is 0.376 e. The van der Waals surface area contributed by atoms with E-state index >= 15 is 0 Å². The van der Waals surface area contributed by atoms with Crippen LogP contribution >= 0.6 is 0 Å². The molecule has 7 rings (SSSR count). The number of H-pyrrole nitrogens is 3. The molecule has 0 radical (unpaired) electrons.